The van der Waals surface area contributed by atoms with Crippen LogP contribution in [-0.2, 0) is 17.8 Å². The van der Waals surface area contributed by atoms with Crippen molar-refractivity contribution in [1.82, 2.24) is 9.47 Å². The lowest BCUT2D eigenvalue weighted by atomic mass is 9.99. The third kappa shape index (κ3) is 1.92. The van der Waals surface area contributed by atoms with Crippen molar-refractivity contribution in [3.8, 4) is 0 Å². The molecule has 0 radical (unpaired) electrons. The highest BCUT2D eigenvalue weighted by Crippen LogP contribution is 2.34. The van der Waals surface area contributed by atoms with Crippen LogP contribution in [0.15, 0.2) is 12.1 Å². The van der Waals surface area contributed by atoms with Crippen molar-refractivity contribution in [3.63, 3.8) is 0 Å². The molecule has 0 bridgehead atoms. The topological polar surface area (TPSA) is 62.5 Å². The summed E-state index contributed by atoms with van der Waals surface area (Å²) in [6.45, 7) is 4.46. The van der Waals surface area contributed by atoms with Gasteiger partial charge in [-0.3, -0.25) is 9.59 Å². The van der Waals surface area contributed by atoms with Gasteiger partial charge in [0.15, 0.2) is 0 Å². The summed E-state index contributed by atoms with van der Waals surface area (Å²) in [7, 11) is 1.76. The van der Waals surface area contributed by atoms with Gasteiger partial charge in [-0.15, -0.1) is 0 Å². The van der Waals surface area contributed by atoms with E-state index in [9.17, 15) is 14.7 Å². The third-order valence-electron chi connectivity index (χ3n) is 4.26. The molecule has 1 aliphatic heterocycles. The second-order valence-corrected chi connectivity index (χ2v) is 5.71. The Hall–Kier alpha value is -2.30. The van der Waals surface area contributed by atoms with Crippen LogP contribution in [0.4, 0.5) is 0 Å². The number of benzene rings is 1. The molecule has 0 fully saturated rings. The summed E-state index contributed by atoms with van der Waals surface area (Å²) in [4.78, 5) is 25.4. The monoisotopic (exact) mass is 286 g/mol. The number of carboxylic acids is 1. The van der Waals surface area contributed by atoms with Gasteiger partial charge in [-0.05, 0) is 37.0 Å². The SMILES string of the molecule is Cc1ccc(C)c2c1c1c(n2CC(=O)O)C(=O)N(C)CC1. The van der Waals surface area contributed by atoms with Gasteiger partial charge in [0.2, 0.25) is 0 Å². The molecule has 1 amide bonds. The van der Waals surface area contributed by atoms with Crippen molar-refractivity contribution in [2.45, 2.75) is 26.8 Å². The standard InChI is InChI=1S/C16H18N2O3/c1-9-4-5-10(2)14-13(9)11-6-7-17(3)16(21)15(11)18(14)8-12(19)20/h4-5H,6-8H2,1-3H3,(H,19,20). The molecule has 5 nitrogen and oxygen atoms in total. The molecule has 0 saturated carbocycles. The smallest absolute Gasteiger partial charge is 0.323 e. The van der Waals surface area contributed by atoms with Gasteiger partial charge in [0, 0.05) is 19.0 Å². The predicted molar refractivity (Wildman–Crippen MR) is 79.7 cm³/mol. The summed E-state index contributed by atoms with van der Waals surface area (Å²) in [6, 6.07) is 4.02. The second kappa shape index (κ2) is 4.62. The molecule has 3 rings (SSSR count). The van der Waals surface area contributed by atoms with Crippen LogP contribution in [0.2, 0.25) is 0 Å². The zero-order valence-electron chi connectivity index (χ0n) is 12.4. The van der Waals surface area contributed by atoms with E-state index in [0.717, 1.165) is 34.0 Å². The molecule has 0 saturated heterocycles. The first-order chi connectivity index (χ1) is 9.91. The lowest BCUT2D eigenvalue weighted by molar-refractivity contribution is -0.137. The minimum Gasteiger partial charge on any atom is -0.480 e. The Balaban J connectivity index is 2.44. The normalized spacial score (nSPS) is 14.6. The van der Waals surface area contributed by atoms with Gasteiger partial charge in [0.1, 0.15) is 12.2 Å². The summed E-state index contributed by atoms with van der Waals surface area (Å²) >= 11 is 0. The van der Waals surface area contributed by atoms with E-state index in [1.165, 1.54) is 0 Å². The molecule has 2 heterocycles. The Labute approximate surface area is 122 Å². The van der Waals surface area contributed by atoms with E-state index in [1.807, 2.05) is 26.0 Å². The van der Waals surface area contributed by atoms with E-state index in [4.69, 9.17) is 0 Å². The molecular formula is C16H18N2O3. The number of nitrogens with zero attached hydrogens (tertiary/aromatic N) is 2. The average molecular weight is 286 g/mol. The van der Waals surface area contributed by atoms with Crippen molar-refractivity contribution < 1.29 is 14.7 Å². The quantitative estimate of drug-likeness (QED) is 0.918. The second-order valence-electron chi connectivity index (χ2n) is 5.71. The molecule has 110 valence electrons. The van der Waals surface area contributed by atoms with Gasteiger partial charge >= 0.3 is 5.97 Å². The van der Waals surface area contributed by atoms with Gasteiger partial charge in [-0.25, -0.2) is 0 Å². The summed E-state index contributed by atoms with van der Waals surface area (Å²) in [5.74, 6) is -1.02. The number of carbonyl (C=O) groups excluding carboxylic acids is 1. The molecule has 5 heteroatoms. The zero-order valence-corrected chi connectivity index (χ0v) is 12.4. The van der Waals surface area contributed by atoms with Crippen LogP contribution in [0.5, 0.6) is 0 Å². The molecule has 1 aromatic carbocycles. The fourth-order valence-electron chi connectivity index (χ4n) is 3.26. The molecule has 1 aliphatic rings. The van der Waals surface area contributed by atoms with Gasteiger partial charge in [0.05, 0.1) is 5.52 Å². The highest BCUT2D eigenvalue weighted by atomic mass is 16.4. The van der Waals surface area contributed by atoms with Gasteiger partial charge in [-0.2, -0.15) is 0 Å². The Morgan fingerprint density at radius 3 is 2.62 bits per heavy atom. The first-order valence-corrected chi connectivity index (χ1v) is 7.00. The number of aromatic nitrogens is 1. The number of hydrogen-bond donors (Lipinski definition) is 1. The summed E-state index contributed by atoms with van der Waals surface area (Å²) in [5.41, 5.74) is 4.51. The van der Waals surface area contributed by atoms with Crippen molar-refractivity contribution >= 4 is 22.8 Å². The highest BCUT2D eigenvalue weighted by Gasteiger charge is 2.30. The van der Waals surface area contributed by atoms with E-state index >= 15 is 0 Å². The number of hydrogen-bond acceptors (Lipinski definition) is 2. The predicted octanol–water partition coefficient (Wildman–Crippen LogP) is 1.97. The minimum atomic E-state index is -0.934. The fraction of sp³-hybridized carbons (Fsp3) is 0.375. The van der Waals surface area contributed by atoms with E-state index < -0.39 is 5.97 Å². The average Bonchev–Trinajstić information content (AvgIpc) is 2.74. The van der Waals surface area contributed by atoms with E-state index in [1.54, 1.807) is 16.5 Å². The van der Waals surface area contributed by atoms with Crippen LogP contribution >= 0.6 is 0 Å². The largest absolute Gasteiger partial charge is 0.480 e. The van der Waals surface area contributed by atoms with Gasteiger partial charge in [-0.1, -0.05) is 12.1 Å². The molecule has 2 aromatic rings. The number of rotatable bonds is 2. The van der Waals surface area contributed by atoms with Crippen LogP contribution in [0.25, 0.3) is 10.9 Å². The van der Waals surface area contributed by atoms with Gasteiger partial charge in [0.25, 0.3) is 5.91 Å². The molecule has 21 heavy (non-hydrogen) atoms. The molecule has 0 atom stereocenters. The molecule has 0 aliphatic carbocycles. The number of amides is 1. The lowest BCUT2D eigenvalue weighted by Gasteiger charge is -2.24. The first-order valence-electron chi connectivity index (χ1n) is 7.00. The maximum absolute atomic E-state index is 12.5. The van der Waals surface area contributed by atoms with Crippen LogP contribution in [0, 0.1) is 13.8 Å². The summed E-state index contributed by atoms with van der Waals surface area (Å²) < 4.78 is 1.67. The zero-order chi connectivity index (χ0) is 15.3. The fourth-order valence-corrected chi connectivity index (χ4v) is 3.26. The Kier molecular flexibility index (Phi) is 3.01. The van der Waals surface area contributed by atoms with E-state index in [-0.39, 0.29) is 12.5 Å². The first kappa shape index (κ1) is 13.7. The lowest BCUT2D eigenvalue weighted by Crippen LogP contribution is -2.35. The number of fused-ring (bicyclic) bond motifs is 3. The molecule has 0 spiro atoms. The molecule has 1 aromatic heterocycles. The number of likely N-dealkylation sites (N-methyl/N-ethyl adjacent to an activating group) is 1. The summed E-state index contributed by atoms with van der Waals surface area (Å²) in [5, 5.41) is 10.3. The Morgan fingerprint density at radius 1 is 1.29 bits per heavy atom. The van der Waals surface area contributed by atoms with Crippen molar-refractivity contribution in [3.05, 3.63) is 34.5 Å². The molecule has 1 N–H and O–H groups in total. The molecule has 0 unspecified atom stereocenters. The van der Waals surface area contributed by atoms with E-state index in [2.05, 4.69) is 0 Å². The highest BCUT2D eigenvalue weighted by molar-refractivity contribution is 6.05. The van der Waals surface area contributed by atoms with Crippen LogP contribution in [-0.4, -0.2) is 40.0 Å². The Bertz CT molecular complexity index is 774. The maximum Gasteiger partial charge on any atom is 0.323 e. The number of aliphatic carboxylic acids is 1. The minimum absolute atomic E-state index is 0.0903. The summed E-state index contributed by atoms with van der Waals surface area (Å²) in [6.07, 6.45) is 0.769. The van der Waals surface area contributed by atoms with Crippen LogP contribution in [0.1, 0.15) is 27.2 Å². The molecular weight excluding hydrogens is 268 g/mol. The van der Waals surface area contributed by atoms with Gasteiger partial charge < -0.3 is 14.6 Å². The maximum atomic E-state index is 12.5. The van der Waals surface area contributed by atoms with E-state index in [0.29, 0.717) is 12.2 Å². The number of carboxylic acid groups (broad SMARTS) is 1. The van der Waals surface area contributed by atoms with Crippen molar-refractivity contribution in [2.75, 3.05) is 13.6 Å². The number of aryl methyl sites for hydroxylation is 2. The van der Waals surface area contributed by atoms with Crippen LogP contribution in [0.3, 0.4) is 0 Å². The van der Waals surface area contributed by atoms with Crippen LogP contribution < -0.4 is 0 Å². The Morgan fingerprint density at radius 2 is 1.95 bits per heavy atom. The van der Waals surface area contributed by atoms with Crippen molar-refractivity contribution in [2.24, 2.45) is 0 Å². The third-order valence-corrected chi connectivity index (χ3v) is 4.26. The number of carbonyl (C=O) groups is 2. The van der Waals surface area contributed by atoms with Crippen molar-refractivity contribution in [1.29, 1.82) is 0 Å².